The summed E-state index contributed by atoms with van der Waals surface area (Å²) in [6.07, 6.45) is 0. The van der Waals surface area contributed by atoms with Crippen LogP contribution in [0.15, 0.2) is 54.6 Å². The molecule has 3 aromatic rings. The van der Waals surface area contributed by atoms with E-state index in [-0.39, 0.29) is 17.5 Å². The topological polar surface area (TPSA) is 49.0 Å². The summed E-state index contributed by atoms with van der Waals surface area (Å²) in [5.41, 5.74) is 4.00. The zero-order chi connectivity index (χ0) is 18.5. The van der Waals surface area contributed by atoms with E-state index in [0.29, 0.717) is 10.7 Å². The molecule has 0 radical (unpaired) electrons. The molecule has 1 atom stereocenters. The van der Waals surface area contributed by atoms with Crippen LogP contribution in [-0.4, -0.2) is 26.5 Å². The Morgan fingerprint density at radius 3 is 2.31 bits per heavy atom. The van der Waals surface area contributed by atoms with Gasteiger partial charge in [0, 0.05) is 21.7 Å². The van der Waals surface area contributed by atoms with Crippen molar-refractivity contribution in [3.05, 3.63) is 76.4 Å². The number of carbonyl (C=O) groups is 1. The molecule has 0 bridgehead atoms. The Hall–Kier alpha value is -2.59. The summed E-state index contributed by atoms with van der Waals surface area (Å²) in [6, 6.07) is 17.4. The van der Waals surface area contributed by atoms with Crippen LogP contribution in [0.1, 0.15) is 48.4 Å². The Morgan fingerprint density at radius 1 is 1.04 bits per heavy atom. The molecule has 0 spiro atoms. The number of nitrogens with one attached hydrogen (secondary N) is 1. The molecule has 0 fully saturated rings. The molecule has 1 amide bonds. The number of hydrogen-bond donors (Lipinski definition) is 1. The van der Waals surface area contributed by atoms with Crippen LogP contribution in [0, 0.1) is 0 Å². The lowest BCUT2D eigenvalue weighted by Gasteiger charge is -2.37. The van der Waals surface area contributed by atoms with E-state index in [1.807, 2.05) is 59.5 Å². The molecule has 1 N–H and O–H groups in total. The number of halogens is 1. The monoisotopic (exact) mass is 365 g/mol. The fraction of sp³-hybridized carbons (Fsp3) is 0.238. The van der Waals surface area contributed by atoms with Gasteiger partial charge in [-0.1, -0.05) is 54.1 Å². The van der Waals surface area contributed by atoms with Crippen molar-refractivity contribution < 1.29 is 4.79 Å². The summed E-state index contributed by atoms with van der Waals surface area (Å²) in [7, 11) is 0. The maximum Gasteiger partial charge on any atom is 0.273 e. The minimum Gasteiger partial charge on any atom is -0.321 e. The van der Waals surface area contributed by atoms with Crippen molar-refractivity contribution in [3.63, 3.8) is 0 Å². The van der Waals surface area contributed by atoms with Crippen LogP contribution in [-0.2, 0) is 0 Å². The fourth-order valence-corrected chi connectivity index (χ4v) is 3.74. The number of nitrogens with zero attached hydrogens (tertiary/aromatic N) is 2. The second-order valence-corrected chi connectivity index (χ2v) is 7.96. The SMILES string of the molecule is CC(C)(C)N1C(=O)c2[nH]nc(-c3ccccc3)c2C1c1ccc(Cl)cc1. The van der Waals surface area contributed by atoms with Crippen molar-refractivity contribution in [1.82, 2.24) is 15.1 Å². The van der Waals surface area contributed by atoms with E-state index in [2.05, 4.69) is 31.0 Å². The number of amides is 1. The molecule has 4 nitrogen and oxygen atoms in total. The summed E-state index contributed by atoms with van der Waals surface area (Å²) in [5, 5.41) is 8.13. The van der Waals surface area contributed by atoms with E-state index in [4.69, 9.17) is 11.6 Å². The van der Waals surface area contributed by atoms with Gasteiger partial charge in [0.1, 0.15) is 5.69 Å². The minimum atomic E-state index is -0.338. The summed E-state index contributed by atoms with van der Waals surface area (Å²) < 4.78 is 0. The molecular weight excluding hydrogens is 346 g/mol. The summed E-state index contributed by atoms with van der Waals surface area (Å²) in [4.78, 5) is 15.1. The summed E-state index contributed by atoms with van der Waals surface area (Å²) in [5.74, 6) is -0.0258. The van der Waals surface area contributed by atoms with Crippen LogP contribution in [0.4, 0.5) is 0 Å². The predicted octanol–water partition coefficient (Wildman–Crippen LogP) is 5.07. The third kappa shape index (κ3) is 2.61. The maximum absolute atomic E-state index is 13.2. The third-order valence-corrected chi connectivity index (χ3v) is 4.98. The highest BCUT2D eigenvalue weighted by Gasteiger charge is 2.46. The molecule has 1 unspecified atom stereocenters. The van der Waals surface area contributed by atoms with Gasteiger partial charge in [0.05, 0.1) is 11.7 Å². The van der Waals surface area contributed by atoms with Gasteiger partial charge in [-0.2, -0.15) is 5.10 Å². The van der Waals surface area contributed by atoms with Gasteiger partial charge in [-0.05, 0) is 38.5 Å². The number of fused-ring (bicyclic) bond motifs is 1. The Kier molecular flexibility index (Phi) is 3.88. The van der Waals surface area contributed by atoms with Crippen molar-refractivity contribution in [2.45, 2.75) is 32.4 Å². The molecular formula is C21H20ClN3O. The first-order chi connectivity index (χ1) is 12.4. The number of H-pyrrole nitrogens is 1. The number of carbonyl (C=O) groups excluding carboxylic acids is 1. The lowest BCUT2D eigenvalue weighted by molar-refractivity contribution is 0.0546. The van der Waals surface area contributed by atoms with Crippen molar-refractivity contribution in [2.75, 3.05) is 0 Å². The van der Waals surface area contributed by atoms with Gasteiger partial charge in [-0.15, -0.1) is 0 Å². The first kappa shape index (κ1) is 16.9. The first-order valence-electron chi connectivity index (χ1n) is 8.61. The quantitative estimate of drug-likeness (QED) is 0.688. The number of aromatic amines is 1. The maximum atomic E-state index is 13.2. The third-order valence-electron chi connectivity index (χ3n) is 4.72. The zero-order valence-electron chi connectivity index (χ0n) is 15.0. The van der Waals surface area contributed by atoms with Crippen molar-refractivity contribution in [2.24, 2.45) is 0 Å². The predicted molar refractivity (Wildman–Crippen MR) is 103 cm³/mol. The fourth-order valence-electron chi connectivity index (χ4n) is 3.62. The van der Waals surface area contributed by atoms with E-state index in [9.17, 15) is 4.79 Å². The zero-order valence-corrected chi connectivity index (χ0v) is 15.7. The van der Waals surface area contributed by atoms with Gasteiger partial charge in [0.2, 0.25) is 0 Å². The molecule has 2 aromatic carbocycles. The van der Waals surface area contributed by atoms with Crippen LogP contribution >= 0.6 is 11.6 Å². The summed E-state index contributed by atoms with van der Waals surface area (Å²) in [6.45, 7) is 6.15. The van der Waals surface area contributed by atoms with Gasteiger partial charge in [-0.25, -0.2) is 0 Å². The molecule has 4 rings (SSSR count). The van der Waals surface area contributed by atoms with Crippen LogP contribution in [0.3, 0.4) is 0 Å². The lowest BCUT2D eigenvalue weighted by Crippen LogP contribution is -2.44. The van der Waals surface area contributed by atoms with Gasteiger partial charge >= 0.3 is 0 Å². The van der Waals surface area contributed by atoms with Gasteiger partial charge in [0.15, 0.2) is 0 Å². The highest BCUT2D eigenvalue weighted by molar-refractivity contribution is 6.30. The largest absolute Gasteiger partial charge is 0.321 e. The van der Waals surface area contributed by atoms with Crippen molar-refractivity contribution in [3.8, 4) is 11.3 Å². The molecule has 0 saturated carbocycles. The second-order valence-electron chi connectivity index (χ2n) is 7.53. The van der Waals surface area contributed by atoms with Crippen LogP contribution < -0.4 is 0 Å². The van der Waals surface area contributed by atoms with Gasteiger partial charge in [-0.3, -0.25) is 9.89 Å². The normalized spacial score (nSPS) is 16.8. The molecule has 1 aromatic heterocycles. The van der Waals surface area contributed by atoms with E-state index < -0.39 is 0 Å². The van der Waals surface area contributed by atoms with E-state index in [1.165, 1.54) is 0 Å². The molecule has 0 aliphatic carbocycles. The summed E-state index contributed by atoms with van der Waals surface area (Å²) >= 11 is 6.08. The standard InChI is InChI=1S/C21H20ClN3O/c1-21(2,3)25-19(14-9-11-15(22)12-10-14)16-17(13-7-5-4-6-8-13)23-24-18(16)20(25)26/h4-12,19H,1-3H3,(H,23,24). The molecule has 2 heterocycles. The Balaban J connectivity index is 1.94. The Labute approximate surface area is 157 Å². The molecule has 1 aliphatic rings. The molecule has 1 aliphatic heterocycles. The Morgan fingerprint density at radius 2 is 1.69 bits per heavy atom. The van der Waals surface area contributed by atoms with E-state index >= 15 is 0 Å². The number of hydrogen-bond acceptors (Lipinski definition) is 2. The van der Waals surface area contributed by atoms with Gasteiger partial charge in [0.25, 0.3) is 5.91 Å². The average molecular weight is 366 g/mol. The molecule has 26 heavy (non-hydrogen) atoms. The highest BCUT2D eigenvalue weighted by Crippen LogP contribution is 2.45. The number of rotatable bonds is 2. The Bertz CT molecular complexity index is 955. The van der Waals surface area contributed by atoms with E-state index in [1.54, 1.807) is 0 Å². The molecule has 132 valence electrons. The second kappa shape index (κ2) is 5.99. The smallest absolute Gasteiger partial charge is 0.273 e. The average Bonchev–Trinajstić information content (AvgIpc) is 3.15. The molecule has 5 heteroatoms. The number of aromatic nitrogens is 2. The van der Waals surface area contributed by atoms with Crippen LogP contribution in [0.2, 0.25) is 5.02 Å². The highest BCUT2D eigenvalue weighted by atomic mass is 35.5. The van der Waals surface area contributed by atoms with Crippen molar-refractivity contribution in [1.29, 1.82) is 0 Å². The first-order valence-corrected chi connectivity index (χ1v) is 8.98. The van der Waals surface area contributed by atoms with Crippen LogP contribution in [0.5, 0.6) is 0 Å². The number of benzene rings is 2. The minimum absolute atomic E-state index is 0.0258. The van der Waals surface area contributed by atoms with Gasteiger partial charge < -0.3 is 4.90 Å². The van der Waals surface area contributed by atoms with Crippen LogP contribution in [0.25, 0.3) is 11.3 Å². The molecule has 0 saturated heterocycles. The lowest BCUT2D eigenvalue weighted by atomic mass is 9.94. The van der Waals surface area contributed by atoms with Crippen molar-refractivity contribution >= 4 is 17.5 Å². The van der Waals surface area contributed by atoms with E-state index in [0.717, 1.165) is 22.4 Å².